The van der Waals surface area contributed by atoms with Crippen molar-refractivity contribution in [3.8, 4) is 5.75 Å². The van der Waals surface area contributed by atoms with Gasteiger partial charge >= 0.3 is 5.69 Å². The van der Waals surface area contributed by atoms with Crippen LogP contribution in [0.3, 0.4) is 0 Å². The fourth-order valence-electron chi connectivity index (χ4n) is 2.29. The van der Waals surface area contributed by atoms with Crippen LogP contribution < -0.4 is 19.9 Å². The van der Waals surface area contributed by atoms with Gasteiger partial charge in [-0.25, -0.2) is 4.79 Å². The molecule has 7 heteroatoms. The van der Waals surface area contributed by atoms with Crippen molar-refractivity contribution in [2.45, 2.75) is 6.04 Å². The normalized spacial score (nSPS) is 12.6. The van der Waals surface area contributed by atoms with E-state index in [1.165, 1.54) is 4.50 Å². The van der Waals surface area contributed by atoms with Crippen LogP contribution in [0.2, 0.25) is 6.04 Å². The number of benzene rings is 1. The van der Waals surface area contributed by atoms with Crippen molar-refractivity contribution < 1.29 is 4.43 Å². The van der Waals surface area contributed by atoms with Gasteiger partial charge in [0, 0.05) is 4.50 Å². The summed E-state index contributed by atoms with van der Waals surface area (Å²) in [5.74, 6) is 0.756. The second-order valence-corrected chi connectivity index (χ2v) is 8.58. The second-order valence-electron chi connectivity index (χ2n) is 4.77. The smallest absolute Gasteiger partial charge is 0.323 e. The fourth-order valence-corrected chi connectivity index (χ4v) is 6.00. The summed E-state index contributed by atoms with van der Waals surface area (Å²) >= 11 is 1.74. The Kier molecular flexibility index (Phi) is 4.23. The van der Waals surface area contributed by atoms with Gasteiger partial charge in [-0.15, -0.1) is 0 Å². The third kappa shape index (κ3) is 3.10. The van der Waals surface area contributed by atoms with Crippen molar-refractivity contribution in [2.24, 2.45) is 0 Å². The van der Waals surface area contributed by atoms with Crippen LogP contribution in [-0.4, -0.2) is 32.6 Å². The highest BCUT2D eigenvalue weighted by molar-refractivity contribution is 7.21. The Morgan fingerprint density at radius 1 is 1.29 bits per heavy atom. The summed E-state index contributed by atoms with van der Waals surface area (Å²) in [6, 6.07) is 10.9. The van der Waals surface area contributed by atoms with E-state index >= 15 is 0 Å². The van der Waals surface area contributed by atoms with E-state index in [0.29, 0.717) is 0 Å². The van der Waals surface area contributed by atoms with Crippen molar-refractivity contribution in [3.63, 3.8) is 0 Å². The number of H-pyrrole nitrogens is 2. The minimum absolute atomic E-state index is 0.203. The number of aromatic amines is 2. The molecule has 0 aliphatic rings. The van der Waals surface area contributed by atoms with E-state index in [4.69, 9.17) is 4.43 Å². The number of fused-ring (bicyclic) bond motifs is 1. The van der Waals surface area contributed by atoms with Crippen LogP contribution in [0.15, 0.2) is 40.5 Å². The standard InChI is InChI=1S/C14H17N3O2SSi/c1-15-7-9-21(12-6-3-8-20-12)19-11-5-2-4-10-13(11)17-14(18)16-10/h2-6,8,15,21H,7,9H2,1H3,(H2,16,17,18)/t21-/m0/s1. The molecule has 3 N–H and O–H groups in total. The number of imidazole rings is 1. The number of rotatable bonds is 6. The lowest BCUT2D eigenvalue weighted by Crippen LogP contribution is -2.36. The molecular weight excluding hydrogens is 302 g/mol. The van der Waals surface area contributed by atoms with Gasteiger partial charge in [-0.2, -0.15) is 11.3 Å². The average molecular weight is 319 g/mol. The zero-order chi connectivity index (χ0) is 14.7. The van der Waals surface area contributed by atoms with Gasteiger partial charge in [-0.1, -0.05) is 12.1 Å². The molecule has 0 saturated heterocycles. The molecule has 5 nitrogen and oxygen atoms in total. The maximum absolute atomic E-state index is 11.5. The molecule has 0 aliphatic heterocycles. The van der Waals surface area contributed by atoms with E-state index in [2.05, 4.69) is 32.8 Å². The van der Waals surface area contributed by atoms with Crippen molar-refractivity contribution >= 4 is 35.9 Å². The second kappa shape index (κ2) is 6.29. The summed E-state index contributed by atoms with van der Waals surface area (Å²) in [5.41, 5.74) is 1.33. The van der Waals surface area contributed by atoms with Gasteiger partial charge in [-0.05, 0) is 43.2 Å². The number of para-hydroxylation sites is 1. The molecule has 21 heavy (non-hydrogen) atoms. The van der Waals surface area contributed by atoms with Crippen molar-refractivity contribution in [3.05, 3.63) is 46.2 Å². The minimum Gasteiger partial charge on any atom is -0.540 e. The molecule has 0 spiro atoms. The molecule has 2 heterocycles. The highest BCUT2D eigenvalue weighted by Gasteiger charge is 2.19. The topological polar surface area (TPSA) is 69.9 Å². The van der Waals surface area contributed by atoms with E-state index in [9.17, 15) is 4.79 Å². The molecule has 3 aromatic rings. The van der Waals surface area contributed by atoms with E-state index in [0.717, 1.165) is 29.4 Å². The molecule has 0 unspecified atom stereocenters. The van der Waals surface area contributed by atoms with Crippen molar-refractivity contribution in [1.82, 2.24) is 15.3 Å². The Morgan fingerprint density at radius 2 is 2.19 bits per heavy atom. The summed E-state index contributed by atoms with van der Waals surface area (Å²) < 4.78 is 7.63. The summed E-state index contributed by atoms with van der Waals surface area (Å²) in [6.45, 7) is 0.925. The van der Waals surface area contributed by atoms with E-state index in [1.807, 2.05) is 25.2 Å². The molecular formula is C14H17N3O2SSi. The third-order valence-electron chi connectivity index (χ3n) is 3.30. The van der Waals surface area contributed by atoms with Gasteiger partial charge in [0.25, 0.3) is 9.04 Å². The molecule has 3 rings (SSSR count). The van der Waals surface area contributed by atoms with Crippen molar-refractivity contribution in [2.75, 3.05) is 13.6 Å². The number of hydrogen-bond donors (Lipinski definition) is 3. The van der Waals surface area contributed by atoms with Crippen LogP contribution in [0.25, 0.3) is 11.0 Å². The zero-order valence-corrected chi connectivity index (χ0v) is 13.7. The van der Waals surface area contributed by atoms with Crippen LogP contribution in [0.4, 0.5) is 0 Å². The summed E-state index contributed by atoms with van der Waals surface area (Å²) in [5, 5.41) is 5.26. The predicted octanol–water partition coefficient (Wildman–Crippen LogP) is 1.15. The summed E-state index contributed by atoms with van der Waals surface area (Å²) in [6.07, 6.45) is 0. The quantitative estimate of drug-likeness (QED) is 0.597. The van der Waals surface area contributed by atoms with Gasteiger partial charge in [0.15, 0.2) is 0 Å². The molecule has 1 atom stereocenters. The van der Waals surface area contributed by atoms with Gasteiger partial charge in [0.1, 0.15) is 11.3 Å². The largest absolute Gasteiger partial charge is 0.540 e. The molecule has 0 fully saturated rings. The Labute approximate surface area is 127 Å². The molecule has 1 aromatic carbocycles. The van der Waals surface area contributed by atoms with Gasteiger partial charge in [0.05, 0.1) is 5.52 Å². The first kappa shape index (κ1) is 14.1. The Hall–Kier alpha value is -1.83. The number of thiophene rings is 1. The van der Waals surface area contributed by atoms with Crippen molar-refractivity contribution in [1.29, 1.82) is 0 Å². The Balaban J connectivity index is 1.92. The average Bonchev–Trinajstić information content (AvgIpc) is 3.11. The van der Waals surface area contributed by atoms with Crippen LogP contribution in [0.1, 0.15) is 0 Å². The molecule has 0 aliphatic carbocycles. The fraction of sp³-hybridized carbons (Fsp3) is 0.214. The Bertz CT molecular complexity index is 766. The first-order valence-electron chi connectivity index (χ1n) is 6.83. The first-order chi connectivity index (χ1) is 10.3. The molecule has 0 saturated carbocycles. The first-order valence-corrected chi connectivity index (χ1v) is 9.58. The van der Waals surface area contributed by atoms with Crippen LogP contribution in [0.5, 0.6) is 5.75 Å². The molecule has 0 bridgehead atoms. The molecule has 0 radical (unpaired) electrons. The predicted molar refractivity (Wildman–Crippen MR) is 89.4 cm³/mol. The lowest BCUT2D eigenvalue weighted by Gasteiger charge is -2.17. The Morgan fingerprint density at radius 3 is 2.95 bits per heavy atom. The third-order valence-corrected chi connectivity index (χ3v) is 7.38. The highest BCUT2D eigenvalue weighted by atomic mass is 32.1. The lowest BCUT2D eigenvalue weighted by atomic mass is 10.3. The van der Waals surface area contributed by atoms with Crippen LogP contribution in [-0.2, 0) is 0 Å². The lowest BCUT2D eigenvalue weighted by molar-refractivity contribution is 0.580. The number of nitrogens with one attached hydrogen (secondary N) is 3. The zero-order valence-electron chi connectivity index (χ0n) is 11.7. The van der Waals surface area contributed by atoms with Crippen LogP contribution in [0, 0.1) is 0 Å². The maximum atomic E-state index is 11.5. The van der Waals surface area contributed by atoms with Gasteiger partial charge in [0.2, 0.25) is 0 Å². The molecule has 0 amide bonds. The molecule has 2 aromatic heterocycles. The highest BCUT2D eigenvalue weighted by Crippen LogP contribution is 2.22. The maximum Gasteiger partial charge on any atom is 0.323 e. The summed E-state index contributed by atoms with van der Waals surface area (Å²) in [4.78, 5) is 17.0. The van der Waals surface area contributed by atoms with Gasteiger partial charge in [-0.3, -0.25) is 0 Å². The van der Waals surface area contributed by atoms with E-state index in [-0.39, 0.29) is 5.69 Å². The van der Waals surface area contributed by atoms with Crippen LogP contribution >= 0.6 is 11.3 Å². The van der Waals surface area contributed by atoms with Gasteiger partial charge < -0.3 is 19.7 Å². The molecule has 110 valence electrons. The number of hydrogen-bond acceptors (Lipinski definition) is 4. The van der Waals surface area contributed by atoms with E-state index in [1.54, 1.807) is 11.3 Å². The summed E-state index contributed by atoms with van der Waals surface area (Å²) in [7, 11) is 0.383. The SMILES string of the molecule is CNCC[Si@H](Oc1cccc2[nH]c(=O)[nH]c12)c1cccs1. The van der Waals surface area contributed by atoms with E-state index < -0.39 is 9.04 Å². The number of aromatic nitrogens is 2. The minimum atomic E-state index is -1.57. The monoisotopic (exact) mass is 319 g/mol.